The van der Waals surface area contributed by atoms with Crippen molar-refractivity contribution in [3.63, 3.8) is 0 Å². The molecule has 1 aromatic rings. The van der Waals surface area contributed by atoms with Crippen molar-refractivity contribution in [2.24, 2.45) is 5.92 Å². The number of nitrogens with zero attached hydrogens (tertiary/aromatic N) is 2. The lowest BCUT2D eigenvalue weighted by Gasteiger charge is -2.26. The fourth-order valence-corrected chi connectivity index (χ4v) is 3.80. The van der Waals surface area contributed by atoms with E-state index >= 15 is 0 Å². The molecule has 5 heteroatoms. The van der Waals surface area contributed by atoms with Crippen molar-refractivity contribution < 1.29 is 4.79 Å². The first kappa shape index (κ1) is 10.5. The Kier molecular flexibility index (Phi) is 2.64. The lowest BCUT2D eigenvalue weighted by atomic mass is 10.1. The zero-order valence-corrected chi connectivity index (χ0v) is 10.4. The van der Waals surface area contributed by atoms with Gasteiger partial charge in [-0.1, -0.05) is 0 Å². The molecule has 0 spiro atoms. The molecule has 3 nitrogen and oxygen atoms in total. The van der Waals surface area contributed by atoms with E-state index < -0.39 is 0 Å². The van der Waals surface area contributed by atoms with Crippen LogP contribution in [0.4, 0.5) is 5.13 Å². The highest BCUT2D eigenvalue weighted by molar-refractivity contribution is 7.14. The number of carbonyl (C=O) groups excluding carboxylic acids is 1. The van der Waals surface area contributed by atoms with Crippen LogP contribution in [0.5, 0.6) is 0 Å². The van der Waals surface area contributed by atoms with E-state index in [1.165, 1.54) is 19.3 Å². The third kappa shape index (κ3) is 1.64. The SMILES string of the molecule is O=C(CCl)c1csc(N2CC3CCC2C3)n1. The van der Waals surface area contributed by atoms with Crippen LogP contribution in [0.25, 0.3) is 0 Å². The molecular formula is C11H13ClN2OS. The van der Waals surface area contributed by atoms with Gasteiger partial charge >= 0.3 is 0 Å². The molecule has 86 valence electrons. The molecule has 2 unspecified atom stereocenters. The number of ketones is 1. The summed E-state index contributed by atoms with van der Waals surface area (Å²) in [6, 6.07) is 0.662. The van der Waals surface area contributed by atoms with Crippen LogP contribution in [-0.4, -0.2) is 29.2 Å². The highest BCUT2D eigenvalue weighted by Crippen LogP contribution is 2.41. The van der Waals surface area contributed by atoms with E-state index in [0.29, 0.717) is 11.7 Å². The molecule has 1 aliphatic heterocycles. The summed E-state index contributed by atoms with van der Waals surface area (Å²) in [5.41, 5.74) is 0.526. The van der Waals surface area contributed by atoms with E-state index in [4.69, 9.17) is 11.6 Å². The Hall–Kier alpha value is -0.610. The second kappa shape index (κ2) is 4.00. The summed E-state index contributed by atoms with van der Waals surface area (Å²) < 4.78 is 0. The number of Topliss-reactive ketones (excluding diaryl/α,β-unsaturated/α-hetero) is 1. The van der Waals surface area contributed by atoms with Gasteiger partial charge in [0, 0.05) is 18.0 Å². The van der Waals surface area contributed by atoms with Gasteiger partial charge in [0.15, 0.2) is 10.9 Å². The Morgan fingerprint density at radius 1 is 1.62 bits per heavy atom. The zero-order chi connectivity index (χ0) is 11.1. The number of hydrogen-bond donors (Lipinski definition) is 0. The minimum Gasteiger partial charge on any atom is -0.345 e. The lowest BCUT2D eigenvalue weighted by molar-refractivity contribution is 0.101. The molecule has 2 atom stereocenters. The minimum absolute atomic E-state index is 0.0230. The molecule has 0 N–H and O–H groups in total. The van der Waals surface area contributed by atoms with Crippen molar-refractivity contribution in [3.8, 4) is 0 Å². The fourth-order valence-electron chi connectivity index (χ4n) is 2.75. The number of hydrogen-bond acceptors (Lipinski definition) is 4. The first-order valence-electron chi connectivity index (χ1n) is 5.59. The molecule has 0 radical (unpaired) electrons. The Balaban J connectivity index is 1.80. The minimum atomic E-state index is -0.0754. The van der Waals surface area contributed by atoms with Crippen molar-refractivity contribution >= 4 is 33.9 Å². The molecule has 1 saturated heterocycles. The van der Waals surface area contributed by atoms with Crippen molar-refractivity contribution in [2.45, 2.75) is 25.3 Å². The van der Waals surface area contributed by atoms with E-state index in [-0.39, 0.29) is 11.7 Å². The monoisotopic (exact) mass is 256 g/mol. The van der Waals surface area contributed by atoms with Gasteiger partial charge in [0.25, 0.3) is 0 Å². The Bertz CT molecular complexity index is 420. The largest absolute Gasteiger partial charge is 0.345 e. The van der Waals surface area contributed by atoms with Crippen LogP contribution in [0.2, 0.25) is 0 Å². The van der Waals surface area contributed by atoms with Crippen LogP contribution in [0.1, 0.15) is 29.8 Å². The van der Waals surface area contributed by atoms with Gasteiger partial charge in [-0.3, -0.25) is 4.79 Å². The van der Waals surface area contributed by atoms with E-state index in [1.807, 2.05) is 5.38 Å². The molecule has 16 heavy (non-hydrogen) atoms. The topological polar surface area (TPSA) is 33.2 Å². The molecule has 0 aromatic carbocycles. The van der Waals surface area contributed by atoms with Gasteiger partial charge in [-0.2, -0.15) is 0 Å². The van der Waals surface area contributed by atoms with E-state index in [1.54, 1.807) is 11.3 Å². The predicted octanol–water partition coefficient (Wildman–Crippen LogP) is 2.55. The number of piperidine rings is 1. The van der Waals surface area contributed by atoms with Crippen molar-refractivity contribution in [1.29, 1.82) is 0 Å². The maximum atomic E-state index is 11.4. The van der Waals surface area contributed by atoms with Gasteiger partial charge in [-0.15, -0.1) is 22.9 Å². The average molecular weight is 257 g/mol. The van der Waals surface area contributed by atoms with Gasteiger partial charge in [0.1, 0.15) is 5.69 Å². The molecule has 1 aliphatic carbocycles. The van der Waals surface area contributed by atoms with Crippen LogP contribution < -0.4 is 4.90 Å². The third-order valence-corrected chi connectivity index (χ3v) is 4.67. The predicted molar refractivity (Wildman–Crippen MR) is 65.6 cm³/mol. The van der Waals surface area contributed by atoms with Crippen molar-refractivity contribution in [1.82, 2.24) is 4.98 Å². The number of carbonyl (C=O) groups is 1. The molecule has 2 bridgehead atoms. The van der Waals surface area contributed by atoms with Crippen LogP contribution in [0, 0.1) is 5.92 Å². The van der Waals surface area contributed by atoms with Gasteiger partial charge in [0.05, 0.1) is 5.88 Å². The zero-order valence-electron chi connectivity index (χ0n) is 8.86. The highest BCUT2D eigenvalue weighted by atomic mass is 35.5. The van der Waals surface area contributed by atoms with Gasteiger partial charge in [-0.25, -0.2) is 4.98 Å². The molecule has 0 amide bonds. The Labute approximate surface area is 103 Å². The third-order valence-electron chi connectivity index (χ3n) is 3.55. The molecule has 1 saturated carbocycles. The highest BCUT2D eigenvalue weighted by Gasteiger charge is 2.39. The molecule has 2 heterocycles. The first-order chi connectivity index (χ1) is 7.78. The smallest absolute Gasteiger partial charge is 0.196 e. The second-order valence-electron chi connectivity index (χ2n) is 4.56. The molecule has 2 aliphatic rings. The second-order valence-corrected chi connectivity index (χ2v) is 5.66. The van der Waals surface area contributed by atoms with Gasteiger partial charge in [-0.05, 0) is 25.2 Å². The molecular weight excluding hydrogens is 244 g/mol. The Morgan fingerprint density at radius 2 is 2.50 bits per heavy atom. The van der Waals surface area contributed by atoms with Crippen LogP contribution in [-0.2, 0) is 0 Å². The maximum Gasteiger partial charge on any atom is 0.196 e. The normalized spacial score (nSPS) is 27.7. The number of aromatic nitrogens is 1. The van der Waals surface area contributed by atoms with Gasteiger partial charge < -0.3 is 4.90 Å². The summed E-state index contributed by atoms with van der Waals surface area (Å²) in [4.78, 5) is 18.2. The number of fused-ring (bicyclic) bond motifs is 2. The summed E-state index contributed by atoms with van der Waals surface area (Å²) in [6.45, 7) is 1.12. The summed E-state index contributed by atoms with van der Waals surface area (Å²) in [6.07, 6.45) is 3.95. The van der Waals surface area contributed by atoms with Crippen molar-refractivity contribution in [3.05, 3.63) is 11.1 Å². The molecule has 2 fully saturated rings. The first-order valence-corrected chi connectivity index (χ1v) is 7.00. The number of thiazole rings is 1. The molecule has 3 rings (SSSR count). The number of halogens is 1. The van der Waals surface area contributed by atoms with E-state index in [0.717, 1.165) is 17.6 Å². The standard InChI is InChI=1S/C11H13ClN2OS/c12-4-10(15)9-6-16-11(13-9)14-5-7-1-2-8(14)3-7/h6-8H,1-5H2. The number of alkyl halides is 1. The van der Waals surface area contributed by atoms with Crippen LogP contribution >= 0.6 is 22.9 Å². The quantitative estimate of drug-likeness (QED) is 0.616. The van der Waals surface area contributed by atoms with Crippen LogP contribution in [0.3, 0.4) is 0 Å². The van der Waals surface area contributed by atoms with Crippen LogP contribution in [0.15, 0.2) is 5.38 Å². The summed E-state index contributed by atoms with van der Waals surface area (Å²) in [5, 5.41) is 2.83. The number of rotatable bonds is 3. The fraction of sp³-hybridized carbons (Fsp3) is 0.636. The summed E-state index contributed by atoms with van der Waals surface area (Å²) in [7, 11) is 0. The van der Waals surface area contributed by atoms with Crippen molar-refractivity contribution in [2.75, 3.05) is 17.3 Å². The average Bonchev–Trinajstić information content (AvgIpc) is 3.02. The lowest BCUT2D eigenvalue weighted by Crippen LogP contribution is -2.31. The molecule has 1 aromatic heterocycles. The number of anilines is 1. The van der Waals surface area contributed by atoms with Gasteiger partial charge in [0.2, 0.25) is 0 Å². The van der Waals surface area contributed by atoms with E-state index in [2.05, 4.69) is 9.88 Å². The Morgan fingerprint density at radius 3 is 3.12 bits per heavy atom. The van der Waals surface area contributed by atoms with E-state index in [9.17, 15) is 4.79 Å². The summed E-state index contributed by atoms with van der Waals surface area (Å²) >= 11 is 7.09. The summed E-state index contributed by atoms with van der Waals surface area (Å²) in [5.74, 6) is 0.796. The maximum absolute atomic E-state index is 11.4.